The number of hydrogen-bond donors (Lipinski definition) is 2. The van der Waals surface area contributed by atoms with Crippen LogP contribution in [-0.4, -0.2) is 47.2 Å². The number of hydrogen-bond acceptors (Lipinski definition) is 8. The van der Waals surface area contributed by atoms with Gasteiger partial charge in [0.05, 0.1) is 18.6 Å². The van der Waals surface area contributed by atoms with Crippen LogP contribution in [0.5, 0.6) is 0 Å². The number of benzene rings is 1. The van der Waals surface area contributed by atoms with Crippen molar-refractivity contribution in [3.8, 4) is 0 Å². The van der Waals surface area contributed by atoms with Gasteiger partial charge in [0.2, 0.25) is 6.29 Å². The molecule has 38 heavy (non-hydrogen) atoms. The Morgan fingerprint density at radius 3 is 2.42 bits per heavy atom. The number of ether oxygens (including phenoxy) is 4. The van der Waals surface area contributed by atoms with Crippen LogP contribution >= 0.6 is 0 Å². The Balaban J connectivity index is 1.38. The topological polar surface area (TPSA) is 134 Å². The number of carboxylic acids is 1. The van der Waals surface area contributed by atoms with Crippen LogP contribution < -0.4 is 5.73 Å². The molecule has 1 aromatic rings. The fourth-order valence-corrected chi connectivity index (χ4v) is 6.38. The molecule has 3 N–H and O–H groups in total. The van der Waals surface area contributed by atoms with Gasteiger partial charge in [-0.15, -0.1) is 0 Å². The Bertz CT molecular complexity index is 1030. The zero-order valence-electron chi connectivity index (χ0n) is 22.3. The molecule has 0 spiro atoms. The van der Waals surface area contributed by atoms with E-state index in [0.717, 1.165) is 19.3 Å². The molecule has 0 bridgehead atoms. The lowest BCUT2D eigenvalue weighted by Gasteiger charge is -2.36. The molecule has 10 heteroatoms. The first-order valence-electron chi connectivity index (χ1n) is 13.4. The van der Waals surface area contributed by atoms with Crippen LogP contribution in [0, 0.1) is 41.3 Å². The van der Waals surface area contributed by atoms with Gasteiger partial charge in [-0.25, -0.2) is 14.0 Å². The summed E-state index contributed by atoms with van der Waals surface area (Å²) in [6.07, 6.45) is -0.278. The summed E-state index contributed by atoms with van der Waals surface area (Å²) in [5.74, 6) is -3.10. The van der Waals surface area contributed by atoms with Crippen molar-refractivity contribution >= 4 is 18.1 Å². The van der Waals surface area contributed by atoms with Gasteiger partial charge in [-0.1, -0.05) is 39.3 Å². The third-order valence-electron chi connectivity index (χ3n) is 8.49. The summed E-state index contributed by atoms with van der Waals surface area (Å²) in [5, 5.41) is 9.56. The molecule has 210 valence electrons. The summed E-state index contributed by atoms with van der Waals surface area (Å²) >= 11 is 0. The Morgan fingerprint density at radius 2 is 1.79 bits per heavy atom. The van der Waals surface area contributed by atoms with Crippen LogP contribution in [-0.2, 0) is 35.1 Å². The standard InChI is InChI=1S/C28H38FNO8/c1-14(2)19-10-5-15(3)11-21(19)38-27(34)37-16(4)36-26(33)28(30)22(12-20-23(24(20)28)25(31)32)35-13-17-6-8-18(29)9-7-17/h6-9,14-16,19-24H,5,10-13,30H2,1-4H3,(H,31,32). The maximum atomic E-state index is 13.3. The van der Waals surface area contributed by atoms with E-state index in [1.807, 2.05) is 0 Å². The fraction of sp³-hybridized carbons (Fsp3) is 0.679. The zero-order valence-corrected chi connectivity index (χ0v) is 22.3. The van der Waals surface area contributed by atoms with Gasteiger partial charge in [0.15, 0.2) is 0 Å². The van der Waals surface area contributed by atoms with E-state index in [1.54, 1.807) is 12.1 Å². The molecular formula is C28H38FNO8. The summed E-state index contributed by atoms with van der Waals surface area (Å²) in [7, 11) is 0. The van der Waals surface area contributed by atoms with Crippen molar-refractivity contribution in [2.24, 2.45) is 41.2 Å². The lowest BCUT2D eigenvalue weighted by molar-refractivity contribution is -0.183. The Morgan fingerprint density at radius 1 is 1.11 bits per heavy atom. The highest BCUT2D eigenvalue weighted by Crippen LogP contribution is 2.62. The van der Waals surface area contributed by atoms with E-state index in [0.29, 0.717) is 17.4 Å². The second-order valence-corrected chi connectivity index (χ2v) is 11.5. The molecular weight excluding hydrogens is 497 g/mol. The van der Waals surface area contributed by atoms with Gasteiger partial charge >= 0.3 is 18.1 Å². The van der Waals surface area contributed by atoms with Crippen LogP contribution in [0.25, 0.3) is 0 Å². The van der Waals surface area contributed by atoms with Crippen molar-refractivity contribution in [3.05, 3.63) is 35.6 Å². The smallest absolute Gasteiger partial charge is 0.481 e. The van der Waals surface area contributed by atoms with Gasteiger partial charge in [-0.3, -0.25) is 4.79 Å². The Hall–Kier alpha value is -2.72. The molecule has 0 radical (unpaired) electrons. The Labute approximate surface area is 222 Å². The minimum absolute atomic E-state index is 0.0591. The van der Waals surface area contributed by atoms with Crippen LogP contribution in [0.4, 0.5) is 9.18 Å². The summed E-state index contributed by atoms with van der Waals surface area (Å²) in [6.45, 7) is 7.76. The highest BCUT2D eigenvalue weighted by atomic mass is 19.1. The van der Waals surface area contributed by atoms with Gasteiger partial charge in [-0.05, 0) is 60.6 Å². The fourth-order valence-electron chi connectivity index (χ4n) is 6.38. The summed E-state index contributed by atoms with van der Waals surface area (Å²) in [4.78, 5) is 37.5. The number of esters is 1. The van der Waals surface area contributed by atoms with Gasteiger partial charge in [0.25, 0.3) is 0 Å². The van der Waals surface area contributed by atoms with E-state index < -0.39 is 47.9 Å². The van der Waals surface area contributed by atoms with E-state index in [-0.39, 0.29) is 36.8 Å². The monoisotopic (exact) mass is 535 g/mol. The average Bonchev–Trinajstić information content (AvgIpc) is 3.49. The first-order valence-corrected chi connectivity index (χ1v) is 13.4. The van der Waals surface area contributed by atoms with E-state index in [1.165, 1.54) is 19.1 Å². The normalized spacial score (nSPS) is 34.8. The quantitative estimate of drug-likeness (QED) is 0.351. The van der Waals surface area contributed by atoms with Crippen molar-refractivity contribution < 1.29 is 42.8 Å². The number of carbonyl (C=O) groups is 3. The maximum Gasteiger partial charge on any atom is 0.511 e. The summed E-state index contributed by atoms with van der Waals surface area (Å²) < 4.78 is 35.4. The number of rotatable bonds is 9. The molecule has 0 aromatic heterocycles. The van der Waals surface area contributed by atoms with E-state index in [9.17, 15) is 23.9 Å². The number of fused-ring (bicyclic) bond motifs is 1. The molecule has 0 aliphatic heterocycles. The van der Waals surface area contributed by atoms with E-state index >= 15 is 0 Å². The van der Waals surface area contributed by atoms with Crippen molar-refractivity contribution in [2.75, 3.05) is 0 Å². The van der Waals surface area contributed by atoms with Crippen molar-refractivity contribution in [2.45, 2.75) is 84.0 Å². The van der Waals surface area contributed by atoms with Gasteiger partial charge < -0.3 is 29.8 Å². The maximum absolute atomic E-state index is 13.3. The molecule has 0 amide bonds. The molecule has 3 fully saturated rings. The molecule has 9 nitrogen and oxygen atoms in total. The van der Waals surface area contributed by atoms with Gasteiger partial charge in [0.1, 0.15) is 17.5 Å². The molecule has 1 aromatic carbocycles. The second kappa shape index (κ2) is 11.2. The summed E-state index contributed by atoms with van der Waals surface area (Å²) in [6, 6.07) is 5.70. The van der Waals surface area contributed by atoms with Gasteiger partial charge in [-0.2, -0.15) is 0 Å². The predicted octanol–water partition coefficient (Wildman–Crippen LogP) is 4.26. The third-order valence-corrected chi connectivity index (χ3v) is 8.49. The van der Waals surface area contributed by atoms with Crippen LogP contribution in [0.3, 0.4) is 0 Å². The Kier molecular flexibility index (Phi) is 8.32. The van der Waals surface area contributed by atoms with E-state index in [4.69, 9.17) is 24.7 Å². The minimum atomic E-state index is -1.74. The highest BCUT2D eigenvalue weighted by Gasteiger charge is 2.75. The molecule has 0 heterocycles. The number of carboxylic acid groups (broad SMARTS) is 1. The zero-order chi connectivity index (χ0) is 27.8. The molecule has 9 unspecified atom stereocenters. The lowest BCUT2D eigenvalue weighted by atomic mass is 9.75. The van der Waals surface area contributed by atoms with Crippen LogP contribution in [0.1, 0.15) is 58.9 Å². The van der Waals surface area contributed by atoms with Crippen molar-refractivity contribution in [3.63, 3.8) is 0 Å². The number of halogens is 1. The van der Waals surface area contributed by atoms with Crippen molar-refractivity contribution in [1.29, 1.82) is 0 Å². The lowest BCUT2D eigenvalue weighted by Crippen LogP contribution is -2.60. The van der Waals surface area contributed by atoms with Crippen LogP contribution in [0.2, 0.25) is 0 Å². The third kappa shape index (κ3) is 5.81. The largest absolute Gasteiger partial charge is 0.511 e. The highest BCUT2D eigenvalue weighted by molar-refractivity contribution is 5.87. The average molecular weight is 536 g/mol. The van der Waals surface area contributed by atoms with Crippen LogP contribution in [0.15, 0.2) is 24.3 Å². The minimum Gasteiger partial charge on any atom is -0.481 e. The molecule has 0 saturated heterocycles. The number of aliphatic carboxylic acids is 1. The molecule has 3 aliphatic carbocycles. The molecule has 9 atom stereocenters. The first-order chi connectivity index (χ1) is 17.9. The predicted molar refractivity (Wildman–Crippen MR) is 133 cm³/mol. The SMILES string of the molecule is CC1CCC(C(C)C)C(OC(=O)OC(C)OC(=O)C2(N)C(OCc3ccc(F)cc3)CC3C(C(=O)O)C32)C1. The van der Waals surface area contributed by atoms with Crippen molar-refractivity contribution in [1.82, 2.24) is 0 Å². The number of nitrogens with two attached hydrogens (primary N) is 1. The van der Waals surface area contributed by atoms with Gasteiger partial charge in [0, 0.05) is 12.8 Å². The molecule has 4 rings (SSSR count). The molecule has 3 aliphatic rings. The summed E-state index contributed by atoms with van der Waals surface area (Å²) in [5.41, 5.74) is 5.48. The molecule has 3 saturated carbocycles. The number of carbonyl (C=O) groups excluding carboxylic acids is 2. The first kappa shape index (κ1) is 28.3. The van der Waals surface area contributed by atoms with E-state index in [2.05, 4.69) is 20.8 Å². The second-order valence-electron chi connectivity index (χ2n) is 11.5.